The molecule has 2 heteroatoms. The van der Waals surface area contributed by atoms with Crippen LogP contribution in [0, 0.1) is 5.92 Å². The Kier molecular flexibility index (Phi) is 3.97. The molecule has 2 N–H and O–H groups in total. The van der Waals surface area contributed by atoms with Crippen molar-refractivity contribution in [1.29, 1.82) is 0 Å². The zero-order chi connectivity index (χ0) is 11.4. The van der Waals surface area contributed by atoms with Gasteiger partial charge in [0.25, 0.3) is 0 Å². The molecule has 0 aliphatic carbocycles. The van der Waals surface area contributed by atoms with Crippen molar-refractivity contribution in [3.8, 4) is 0 Å². The lowest BCUT2D eigenvalue weighted by atomic mass is 9.95. The highest BCUT2D eigenvalue weighted by molar-refractivity contribution is 5.18. The predicted octanol–water partition coefficient (Wildman–Crippen LogP) is 2.42. The van der Waals surface area contributed by atoms with Crippen molar-refractivity contribution in [2.45, 2.75) is 25.8 Å². The van der Waals surface area contributed by atoms with Crippen LogP contribution in [-0.2, 0) is 0 Å². The van der Waals surface area contributed by atoms with Crippen molar-refractivity contribution >= 4 is 0 Å². The second kappa shape index (κ2) is 5.46. The van der Waals surface area contributed by atoms with E-state index >= 15 is 0 Å². The minimum absolute atomic E-state index is 0.524. The summed E-state index contributed by atoms with van der Waals surface area (Å²) in [5, 5.41) is 0. The van der Waals surface area contributed by atoms with Crippen molar-refractivity contribution in [1.82, 2.24) is 4.90 Å². The third kappa shape index (κ3) is 2.63. The fraction of sp³-hybridized carbons (Fsp3) is 0.571. The molecule has 1 aliphatic heterocycles. The van der Waals surface area contributed by atoms with E-state index in [1.54, 1.807) is 0 Å². The Bertz CT molecular complexity index is 310. The second-order valence-electron chi connectivity index (χ2n) is 4.83. The first-order valence-corrected chi connectivity index (χ1v) is 6.30. The minimum Gasteiger partial charge on any atom is -0.330 e. The molecule has 1 aromatic rings. The van der Waals surface area contributed by atoms with Gasteiger partial charge in [0.15, 0.2) is 0 Å². The topological polar surface area (TPSA) is 29.3 Å². The number of benzene rings is 1. The maximum atomic E-state index is 5.78. The molecule has 1 aromatic carbocycles. The highest BCUT2D eigenvalue weighted by Gasteiger charge is 2.23. The van der Waals surface area contributed by atoms with Crippen LogP contribution >= 0.6 is 0 Å². The van der Waals surface area contributed by atoms with E-state index in [9.17, 15) is 0 Å². The average Bonchev–Trinajstić information content (AvgIpc) is 2.39. The van der Waals surface area contributed by atoms with E-state index in [0.717, 1.165) is 13.1 Å². The summed E-state index contributed by atoms with van der Waals surface area (Å²) in [7, 11) is 0. The van der Waals surface area contributed by atoms with Gasteiger partial charge in [-0.25, -0.2) is 0 Å². The first kappa shape index (κ1) is 11.6. The van der Waals surface area contributed by atoms with Gasteiger partial charge in [0, 0.05) is 12.6 Å². The number of likely N-dealkylation sites (tertiary alicyclic amines) is 1. The monoisotopic (exact) mass is 218 g/mol. The molecule has 0 bridgehead atoms. The summed E-state index contributed by atoms with van der Waals surface area (Å²) >= 11 is 0. The summed E-state index contributed by atoms with van der Waals surface area (Å²) in [6.07, 6.45) is 2.59. The molecule has 0 radical (unpaired) electrons. The molecule has 16 heavy (non-hydrogen) atoms. The van der Waals surface area contributed by atoms with E-state index in [4.69, 9.17) is 5.73 Å². The predicted molar refractivity (Wildman–Crippen MR) is 68.2 cm³/mol. The van der Waals surface area contributed by atoms with E-state index in [0.29, 0.717) is 12.0 Å². The molecular weight excluding hydrogens is 196 g/mol. The first-order chi connectivity index (χ1) is 7.81. The molecule has 0 spiro atoms. The van der Waals surface area contributed by atoms with Crippen LogP contribution in [0.2, 0.25) is 0 Å². The Hall–Kier alpha value is -0.860. The summed E-state index contributed by atoms with van der Waals surface area (Å²) in [5.41, 5.74) is 7.19. The molecule has 0 aromatic heterocycles. The smallest absolute Gasteiger partial charge is 0.0320 e. The van der Waals surface area contributed by atoms with Gasteiger partial charge in [0.05, 0.1) is 0 Å². The Labute approximate surface area is 98.4 Å². The highest BCUT2D eigenvalue weighted by atomic mass is 15.2. The van der Waals surface area contributed by atoms with Gasteiger partial charge in [-0.2, -0.15) is 0 Å². The van der Waals surface area contributed by atoms with Crippen molar-refractivity contribution in [2.75, 3.05) is 19.6 Å². The SMILES string of the molecule is CC(c1ccccc1)N1CCCC(CN)C1. The van der Waals surface area contributed by atoms with Crippen LogP contribution in [0.3, 0.4) is 0 Å². The van der Waals surface area contributed by atoms with Crippen molar-refractivity contribution in [2.24, 2.45) is 11.7 Å². The molecule has 2 nitrogen and oxygen atoms in total. The maximum absolute atomic E-state index is 5.78. The molecule has 0 saturated carbocycles. The summed E-state index contributed by atoms with van der Waals surface area (Å²) < 4.78 is 0. The van der Waals surface area contributed by atoms with Gasteiger partial charge in [-0.15, -0.1) is 0 Å². The lowest BCUT2D eigenvalue weighted by Crippen LogP contribution is -2.39. The van der Waals surface area contributed by atoms with Gasteiger partial charge < -0.3 is 5.73 Å². The zero-order valence-corrected chi connectivity index (χ0v) is 10.1. The Morgan fingerprint density at radius 3 is 2.81 bits per heavy atom. The first-order valence-electron chi connectivity index (χ1n) is 6.30. The second-order valence-corrected chi connectivity index (χ2v) is 4.83. The van der Waals surface area contributed by atoms with Gasteiger partial charge in [-0.05, 0) is 44.3 Å². The largest absolute Gasteiger partial charge is 0.330 e. The average molecular weight is 218 g/mol. The molecule has 88 valence electrons. The fourth-order valence-corrected chi connectivity index (χ4v) is 2.58. The summed E-state index contributed by atoms with van der Waals surface area (Å²) in [6.45, 7) is 5.51. The quantitative estimate of drug-likeness (QED) is 0.844. The number of hydrogen-bond acceptors (Lipinski definition) is 2. The van der Waals surface area contributed by atoms with Crippen molar-refractivity contribution in [3.63, 3.8) is 0 Å². The van der Waals surface area contributed by atoms with E-state index in [1.807, 2.05) is 0 Å². The molecule has 2 atom stereocenters. The molecule has 0 amide bonds. The molecule has 2 rings (SSSR count). The highest BCUT2D eigenvalue weighted by Crippen LogP contribution is 2.25. The van der Waals surface area contributed by atoms with E-state index < -0.39 is 0 Å². The molecular formula is C14H22N2. The third-order valence-corrected chi connectivity index (χ3v) is 3.71. The number of rotatable bonds is 3. The van der Waals surface area contributed by atoms with Gasteiger partial charge in [-0.3, -0.25) is 4.90 Å². The molecule has 1 saturated heterocycles. The van der Waals surface area contributed by atoms with Crippen LogP contribution in [0.15, 0.2) is 30.3 Å². The number of hydrogen-bond donors (Lipinski definition) is 1. The fourth-order valence-electron chi connectivity index (χ4n) is 2.58. The number of nitrogens with zero attached hydrogens (tertiary/aromatic N) is 1. The number of nitrogens with two attached hydrogens (primary N) is 1. The normalized spacial score (nSPS) is 24.2. The molecule has 1 heterocycles. The van der Waals surface area contributed by atoms with Gasteiger partial charge >= 0.3 is 0 Å². The number of piperidine rings is 1. The van der Waals surface area contributed by atoms with Crippen LogP contribution in [0.25, 0.3) is 0 Å². The summed E-state index contributed by atoms with van der Waals surface area (Å²) in [5.74, 6) is 0.694. The summed E-state index contributed by atoms with van der Waals surface area (Å²) in [4.78, 5) is 2.57. The van der Waals surface area contributed by atoms with Gasteiger partial charge in [-0.1, -0.05) is 30.3 Å². The van der Waals surface area contributed by atoms with E-state index in [2.05, 4.69) is 42.2 Å². The van der Waals surface area contributed by atoms with Gasteiger partial charge in [0.1, 0.15) is 0 Å². The van der Waals surface area contributed by atoms with E-state index in [-0.39, 0.29) is 0 Å². The van der Waals surface area contributed by atoms with Crippen LogP contribution in [0.5, 0.6) is 0 Å². The molecule has 1 fully saturated rings. The summed E-state index contributed by atoms with van der Waals surface area (Å²) in [6, 6.07) is 11.3. The van der Waals surface area contributed by atoms with Crippen molar-refractivity contribution in [3.05, 3.63) is 35.9 Å². The lowest BCUT2D eigenvalue weighted by molar-refractivity contribution is 0.134. The Morgan fingerprint density at radius 2 is 2.12 bits per heavy atom. The molecule has 2 unspecified atom stereocenters. The maximum Gasteiger partial charge on any atom is 0.0320 e. The standard InChI is InChI=1S/C14H22N2/c1-12(14-7-3-2-4-8-14)16-9-5-6-13(10-15)11-16/h2-4,7-8,12-13H,5-6,9-11,15H2,1H3. The van der Waals surface area contributed by atoms with E-state index in [1.165, 1.54) is 24.9 Å². The van der Waals surface area contributed by atoms with Gasteiger partial charge in [0.2, 0.25) is 0 Å². The van der Waals surface area contributed by atoms with Crippen LogP contribution in [-0.4, -0.2) is 24.5 Å². The Morgan fingerprint density at radius 1 is 1.38 bits per heavy atom. The van der Waals surface area contributed by atoms with Crippen LogP contribution in [0.4, 0.5) is 0 Å². The zero-order valence-electron chi connectivity index (χ0n) is 10.1. The Balaban J connectivity index is 2.01. The lowest BCUT2D eigenvalue weighted by Gasteiger charge is -2.36. The minimum atomic E-state index is 0.524. The van der Waals surface area contributed by atoms with Crippen LogP contribution < -0.4 is 5.73 Å². The molecule has 1 aliphatic rings. The van der Waals surface area contributed by atoms with Crippen LogP contribution in [0.1, 0.15) is 31.4 Å². The van der Waals surface area contributed by atoms with Crippen molar-refractivity contribution < 1.29 is 0 Å². The third-order valence-electron chi connectivity index (χ3n) is 3.71.